The molecular formula is C47H88O15P2. The molecular weight excluding hydrogens is 866 g/mol. The second-order valence-electron chi connectivity index (χ2n) is 16.5. The van der Waals surface area contributed by atoms with E-state index in [0.717, 1.165) is 70.6 Å². The summed E-state index contributed by atoms with van der Waals surface area (Å²) in [5.74, 6) is -1.00. The Labute approximate surface area is 386 Å². The summed E-state index contributed by atoms with van der Waals surface area (Å²) in [4.78, 5) is 43.7. The van der Waals surface area contributed by atoms with Crippen LogP contribution in [0.3, 0.4) is 0 Å². The van der Waals surface area contributed by atoms with Gasteiger partial charge in [0.1, 0.15) is 31.5 Å². The molecule has 64 heavy (non-hydrogen) atoms. The quantitative estimate of drug-likeness (QED) is 0.0166. The van der Waals surface area contributed by atoms with Gasteiger partial charge in [0.25, 0.3) is 0 Å². The summed E-state index contributed by atoms with van der Waals surface area (Å²) in [5, 5.41) is 30.0. The summed E-state index contributed by atoms with van der Waals surface area (Å²) in [6.45, 7) is 0.379. The Balaban J connectivity index is 3.89. The number of rotatable bonds is 47. The molecule has 0 aromatic heterocycles. The minimum absolute atomic E-state index is 0.188. The summed E-state index contributed by atoms with van der Waals surface area (Å²) in [5.41, 5.74) is 0. The van der Waals surface area contributed by atoms with Crippen LogP contribution in [0.25, 0.3) is 0 Å². The topological polar surface area (TPSA) is 225 Å². The van der Waals surface area contributed by atoms with Gasteiger partial charge in [0.2, 0.25) is 0 Å². The summed E-state index contributed by atoms with van der Waals surface area (Å²) >= 11 is 0. The molecule has 0 aromatic carbocycles. The molecule has 0 saturated carbocycles. The molecule has 0 aliphatic heterocycles. The van der Waals surface area contributed by atoms with Crippen LogP contribution in [0.2, 0.25) is 0 Å². The van der Waals surface area contributed by atoms with Crippen molar-refractivity contribution in [2.75, 3.05) is 39.6 Å². The third kappa shape index (κ3) is 45.4. The van der Waals surface area contributed by atoms with Crippen LogP contribution < -0.4 is 0 Å². The minimum atomic E-state index is -4.79. The van der Waals surface area contributed by atoms with Crippen LogP contribution in [0, 0.1) is 0 Å². The average Bonchev–Trinajstić information content (AvgIpc) is 3.27. The minimum Gasteiger partial charge on any atom is -0.463 e. The molecule has 0 rings (SSSR count). The second-order valence-corrected chi connectivity index (χ2v) is 19.4. The molecule has 0 aliphatic rings. The molecule has 0 heterocycles. The number of aliphatic hydroxyl groups is 3. The van der Waals surface area contributed by atoms with Gasteiger partial charge in [-0.15, -0.1) is 0 Å². The number of esters is 2. The van der Waals surface area contributed by atoms with Crippen molar-refractivity contribution >= 4 is 27.6 Å². The van der Waals surface area contributed by atoms with Crippen molar-refractivity contribution in [3.05, 3.63) is 36.5 Å². The van der Waals surface area contributed by atoms with Crippen molar-refractivity contribution in [1.82, 2.24) is 0 Å². The molecule has 0 spiro atoms. The van der Waals surface area contributed by atoms with Gasteiger partial charge in [0.15, 0.2) is 0 Å². The van der Waals surface area contributed by atoms with Gasteiger partial charge >= 0.3 is 27.6 Å². The zero-order chi connectivity index (χ0) is 47.4. The van der Waals surface area contributed by atoms with E-state index in [4.69, 9.17) is 9.47 Å². The average molecular weight is 955 g/mol. The molecule has 376 valence electrons. The van der Waals surface area contributed by atoms with Crippen molar-refractivity contribution in [2.24, 2.45) is 0 Å². The number of hydrogen-bond acceptors (Lipinski definition) is 13. The smallest absolute Gasteiger partial charge is 0.463 e. The van der Waals surface area contributed by atoms with Gasteiger partial charge in [-0.3, -0.25) is 27.7 Å². The van der Waals surface area contributed by atoms with Crippen LogP contribution in [0.1, 0.15) is 194 Å². The maximum Gasteiger partial charge on any atom is 0.472 e. The maximum absolute atomic E-state index is 12.2. The van der Waals surface area contributed by atoms with E-state index in [1.165, 1.54) is 83.5 Å². The highest BCUT2D eigenvalue weighted by Gasteiger charge is 2.28. The molecule has 17 heteroatoms. The highest BCUT2D eigenvalue weighted by molar-refractivity contribution is 7.47. The van der Waals surface area contributed by atoms with Crippen molar-refractivity contribution in [3.63, 3.8) is 0 Å². The summed E-state index contributed by atoms with van der Waals surface area (Å²) in [6, 6.07) is 0. The number of hydrogen-bond donors (Lipinski definition) is 5. The lowest BCUT2D eigenvalue weighted by Crippen LogP contribution is -2.25. The molecule has 0 bridgehead atoms. The van der Waals surface area contributed by atoms with Crippen molar-refractivity contribution < 1.29 is 71.4 Å². The lowest BCUT2D eigenvalue weighted by atomic mass is 10.1. The van der Waals surface area contributed by atoms with Crippen LogP contribution >= 0.6 is 15.6 Å². The fourth-order valence-electron chi connectivity index (χ4n) is 6.24. The van der Waals surface area contributed by atoms with Gasteiger partial charge in [-0.05, 0) is 70.6 Å². The normalized spacial score (nSPS) is 15.4. The number of phosphoric acid groups is 2. The van der Waals surface area contributed by atoms with Crippen LogP contribution in [-0.2, 0) is 46.3 Å². The van der Waals surface area contributed by atoms with E-state index in [-0.39, 0.29) is 12.8 Å². The second kappa shape index (κ2) is 43.8. The van der Waals surface area contributed by atoms with Crippen LogP contribution in [0.15, 0.2) is 36.5 Å². The highest BCUT2D eigenvalue weighted by atomic mass is 31.2. The van der Waals surface area contributed by atoms with Crippen LogP contribution in [0.4, 0.5) is 0 Å². The molecule has 5 unspecified atom stereocenters. The molecule has 15 nitrogen and oxygen atoms in total. The van der Waals surface area contributed by atoms with Gasteiger partial charge in [-0.1, -0.05) is 147 Å². The summed E-state index contributed by atoms with van der Waals surface area (Å²) in [7, 11) is -9.57. The first-order valence-electron chi connectivity index (χ1n) is 24.3. The standard InChI is InChI=1S/C47H88O15P2/c1-3-5-7-9-11-13-15-17-19-20-22-24-26-28-30-32-34-36-47(52)58-38-44(49)40-60-64(55,56)62-42-45(50)41-61-63(53,54)59-39-43(48)37-57-46(51)35-33-31-29-27-25-23-21-18-16-14-12-10-8-6-4-2/h11,13-14,16-17,19,43-45,48-50H,3-10,12,15,18,20-42H2,1-2H3,(H,53,54)(H,55,56)/b13-11-,16-14-,19-17-. The first-order valence-corrected chi connectivity index (χ1v) is 27.3. The Morgan fingerprint density at radius 3 is 1.03 bits per heavy atom. The monoisotopic (exact) mass is 955 g/mol. The van der Waals surface area contributed by atoms with E-state index in [0.29, 0.717) is 12.8 Å². The number of allylic oxidation sites excluding steroid dienone is 6. The number of unbranched alkanes of at least 4 members (excludes halogenated alkanes) is 21. The van der Waals surface area contributed by atoms with Crippen LogP contribution in [0.5, 0.6) is 0 Å². The predicted molar refractivity (Wildman–Crippen MR) is 251 cm³/mol. The van der Waals surface area contributed by atoms with Crippen molar-refractivity contribution in [3.8, 4) is 0 Å². The number of carbonyl (C=O) groups is 2. The Kier molecular flexibility index (Phi) is 42.6. The Hall–Kier alpha value is -1.74. The SMILES string of the molecule is CCCCC/C=C\C/C=C\CCCCCCCCCC(=O)OCC(O)COP(=O)(O)OCC(O)COP(=O)(O)OCC(O)COC(=O)CCCCCCCCC/C=C\CCCCCC. The molecule has 0 fully saturated rings. The first-order chi connectivity index (χ1) is 30.8. The maximum atomic E-state index is 12.2. The number of phosphoric ester groups is 2. The van der Waals surface area contributed by atoms with Gasteiger partial charge in [-0.2, -0.15) is 0 Å². The Morgan fingerprint density at radius 1 is 0.406 bits per heavy atom. The molecule has 0 aromatic rings. The van der Waals surface area contributed by atoms with E-state index in [9.17, 15) is 43.8 Å². The fraction of sp³-hybridized carbons (Fsp3) is 0.830. The number of aliphatic hydroxyl groups excluding tert-OH is 3. The number of ether oxygens (including phenoxy) is 2. The third-order valence-corrected chi connectivity index (χ3v) is 12.0. The zero-order valence-electron chi connectivity index (χ0n) is 39.5. The van der Waals surface area contributed by atoms with Crippen molar-refractivity contribution in [1.29, 1.82) is 0 Å². The van der Waals surface area contributed by atoms with Crippen LogP contribution in [-0.4, -0.2) is 95.0 Å². The van der Waals surface area contributed by atoms with Gasteiger partial charge < -0.3 is 34.6 Å². The summed E-state index contributed by atoms with van der Waals surface area (Å²) < 4.78 is 53.0. The molecule has 5 N–H and O–H groups in total. The summed E-state index contributed by atoms with van der Waals surface area (Å²) in [6.07, 6.45) is 38.4. The van der Waals surface area contributed by atoms with Gasteiger partial charge in [0, 0.05) is 12.8 Å². The molecule has 0 amide bonds. The Bertz CT molecular complexity index is 1290. The fourth-order valence-corrected chi connectivity index (χ4v) is 7.83. The molecule has 0 aliphatic carbocycles. The third-order valence-electron chi connectivity index (χ3n) is 10.1. The lowest BCUT2D eigenvalue weighted by Gasteiger charge is -2.19. The van der Waals surface area contributed by atoms with E-state index < -0.39 is 85.5 Å². The largest absolute Gasteiger partial charge is 0.472 e. The molecule has 0 saturated heterocycles. The van der Waals surface area contributed by atoms with E-state index in [1.54, 1.807) is 0 Å². The van der Waals surface area contributed by atoms with Crippen molar-refractivity contribution in [2.45, 2.75) is 212 Å². The zero-order valence-corrected chi connectivity index (χ0v) is 41.2. The molecule has 5 atom stereocenters. The predicted octanol–water partition coefficient (Wildman–Crippen LogP) is 11.1. The Morgan fingerprint density at radius 2 is 0.672 bits per heavy atom. The van der Waals surface area contributed by atoms with E-state index in [1.807, 2.05) is 0 Å². The first kappa shape index (κ1) is 62.3. The lowest BCUT2D eigenvalue weighted by molar-refractivity contribution is -0.148. The van der Waals surface area contributed by atoms with E-state index >= 15 is 0 Å². The molecule has 0 radical (unpaired) electrons. The van der Waals surface area contributed by atoms with E-state index in [2.05, 4.69) is 68.4 Å². The van der Waals surface area contributed by atoms with Gasteiger partial charge in [0.05, 0.1) is 26.4 Å². The van der Waals surface area contributed by atoms with Gasteiger partial charge in [-0.25, -0.2) is 9.13 Å². The highest BCUT2D eigenvalue weighted by Crippen LogP contribution is 2.45. The number of carbonyl (C=O) groups excluding carboxylic acids is 2.